The lowest BCUT2D eigenvalue weighted by atomic mass is 9.86. The van der Waals surface area contributed by atoms with Crippen LogP contribution >= 0.6 is 0 Å². The second kappa shape index (κ2) is 4.60. The third-order valence-electron chi connectivity index (χ3n) is 3.49. The standard InChI is InChI=1S/C11H21NO2/c13-11(5-7-12-8-6-11)4-3-10-2-1-9-14-10/h10,12-13H,1-9H2. The largest absolute Gasteiger partial charge is 0.390 e. The van der Waals surface area contributed by atoms with E-state index in [1.807, 2.05) is 0 Å². The Hall–Kier alpha value is -0.120. The van der Waals surface area contributed by atoms with Crippen LogP contribution in [0.5, 0.6) is 0 Å². The fourth-order valence-electron chi connectivity index (χ4n) is 2.44. The van der Waals surface area contributed by atoms with Gasteiger partial charge < -0.3 is 15.2 Å². The van der Waals surface area contributed by atoms with E-state index in [-0.39, 0.29) is 0 Å². The highest BCUT2D eigenvalue weighted by atomic mass is 16.5. The van der Waals surface area contributed by atoms with Gasteiger partial charge in [0.15, 0.2) is 0 Å². The Labute approximate surface area is 85.8 Å². The minimum absolute atomic E-state index is 0.406. The molecule has 0 spiro atoms. The lowest BCUT2D eigenvalue weighted by Crippen LogP contribution is -2.42. The van der Waals surface area contributed by atoms with Crippen molar-refractivity contribution in [3.05, 3.63) is 0 Å². The van der Waals surface area contributed by atoms with Crippen molar-refractivity contribution in [2.45, 2.75) is 50.2 Å². The minimum Gasteiger partial charge on any atom is -0.390 e. The first-order valence-corrected chi connectivity index (χ1v) is 5.83. The molecule has 0 aliphatic carbocycles. The van der Waals surface area contributed by atoms with E-state index in [1.165, 1.54) is 12.8 Å². The van der Waals surface area contributed by atoms with E-state index in [0.29, 0.717) is 6.10 Å². The Bertz CT molecular complexity index is 172. The lowest BCUT2D eigenvalue weighted by molar-refractivity contribution is -0.0129. The summed E-state index contributed by atoms with van der Waals surface area (Å²) in [7, 11) is 0. The van der Waals surface area contributed by atoms with Crippen molar-refractivity contribution in [1.82, 2.24) is 5.32 Å². The van der Waals surface area contributed by atoms with Gasteiger partial charge in [-0.3, -0.25) is 0 Å². The van der Waals surface area contributed by atoms with Crippen LogP contribution in [0, 0.1) is 0 Å². The topological polar surface area (TPSA) is 41.5 Å². The van der Waals surface area contributed by atoms with Crippen LogP contribution in [0.15, 0.2) is 0 Å². The smallest absolute Gasteiger partial charge is 0.0673 e. The van der Waals surface area contributed by atoms with Crippen LogP contribution in [0.25, 0.3) is 0 Å². The third-order valence-corrected chi connectivity index (χ3v) is 3.49. The molecule has 2 rings (SSSR count). The van der Waals surface area contributed by atoms with Crippen molar-refractivity contribution >= 4 is 0 Å². The Morgan fingerprint density at radius 2 is 2.14 bits per heavy atom. The van der Waals surface area contributed by atoms with E-state index in [1.54, 1.807) is 0 Å². The van der Waals surface area contributed by atoms with E-state index in [4.69, 9.17) is 4.74 Å². The summed E-state index contributed by atoms with van der Waals surface area (Å²) in [6.45, 7) is 2.84. The molecule has 3 heteroatoms. The molecule has 0 aromatic rings. The Balaban J connectivity index is 1.72. The molecule has 1 unspecified atom stereocenters. The van der Waals surface area contributed by atoms with E-state index in [9.17, 15) is 5.11 Å². The average molecular weight is 199 g/mol. The molecular formula is C11H21NO2. The van der Waals surface area contributed by atoms with Crippen molar-refractivity contribution in [2.24, 2.45) is 0 Å². The lowest BCUT2D eigenvalue weighted by Gasteiger charge is -2.33. The number of hydrogen-bond donors (Lipinski definition) is 2. The second-order valence-corrected chi connectivity index (χ2v) is 4.65. The number of nitrogens with one attached hydrogen (secondary N) is 1. The Morgan fingerprint density at radius 1 is 1.36 bits per heavy atom. The van der Waals surface area contributed by atoms with Crippen LogP contribution in [0.3, 0.4) is 0 Å². The van der Waals surface area contributed by atoms with Gasteiger partial charge in [0.1, 0.15) is 0 Å². The summed E-state index contributed by atoms with van der Waals surface area (Å²) in [6.07, 6.45) is 6.57. The maximum atomic E-state index is 10.2. The van der Waals surface area contributed by atoms with Gasteiger partial charge in [0.25, 0.3) is 0 Å². The minimum atomic E-state index is -0.406. The molecule has 2 saturated heterocycles. The van der Waals surface area contributed by atoms with Crippen molar-refractivity contribution in [3.8, 4) is 0 Å². The maximum Gasteiger partial charge on any atom is 0.0673 e. The summed E-state index contributed by atoms with van der Waals surface area (Å²) in [5, 5.41) is 13.5. The molecule has 0 aromatic carbocycles. The van der Waals surface area contributed by atoms with E-state index in [0.717, 1.165) is 45.4 Å². The molecule has 2 fully saturated rings. The molecule has 14 heavy (non-hydrogen) atoms. The molecule has 0 radical (unpaired) electrons. The monoisotopic (exact) mass is 199 g/mol. The highest BCUT2D eigenvalue weighted by Gasteiger charge is 2.30. The predicted molar refractivity (Wildman–Crippen MR) is 55.3 cm³/mol. The van der Waals surface area contributed by atoms with Gasteiger partial charge in [0.2, 0.25) is 0 Å². The normalized spacial score (nSPS) is 31.9. The van der Waals surface area contributed by atoms with Gasteiger partial charge in [-0.2, -0.15) is 0 Å². The summed E-state index contributed by atoms with van der Waals surface area (Å²) in [4.78, 5) is 0. The van der Waals surface area contributed by atoms with Gasteiger partial charge in [-0.05, 0) is 51.6 Å². The fourth-order valence-corrected chi connectivity index (χ4v) is 2.44. The number of piperidine rings is 1. The highest BCUT2D eigenvalue weighted by Crippen LogP contribution is 2.27. The first kappa shape index (κ1) is 10.4. The number of ether oxygens (including phenoxy) is 1. The SMILES string of the molecule is OC1(CCC2CCCO2)CCNCC1. The van der Waals surface area contributed by atoms with Crippen LogP contribution < -0.4 is 5.32 Å². The van der Waals surface area contributed by atoms with E-state index < -0.39 is 5.60 Å². The molecule has 2 heterocycles. The predicted octanol–water partition coefficient (Wildman–Crippen LogP) is 1.06. The zero-order valence-electron chi connectivity index (χ0n) is 8.80. The van der Waals surface area contributed by atoms with Crippen molar-refractivity contribution in [2.75, 3.05) is 19.7 Å². The second-order valence-electron chi connectivity index (χ2n) is 4.65. The first-order valence-electron chi connectivity index (χ1n) is 5.83. The van der Waals surface area contributed by atoms with Gasteiger partial charge in [0.05, 0.1) is 11.7 Å². The number of aliphatic hydroxyl groups is 1. The maximum absolute atomic E-state index is 10.2. The van der Waals surface area contributed by atoms with Crippen molar-refractivity contribution in [3.63, 3.8) is 0 Å². The molecular weight excluding hydrogens is 178 g/mol. The molecule has 2 aliphatic rings. The zero-order valence-corrected chi connectivity index (χ0v) is 8.80. The molecule has 2 N–H and O–H groups in total. The Kier molecular flexibility index (Phi) is 3.42. The molecule has 1 atom stereocenters. The third kappa shape index (κ3) is 2.69. The van der Waals surface area contributed by atoms with Gasteiger partial charge in [0, 0.05) is 6.61 Å². The van der Waals surface area contributed by atoms with Gasteiger partial charge >= 0.3 is 0 Å². The van der Waals surface area contributed by atoms with Crippen LogP contribution in [-0.2, 0) is 4.74 Å². The fraction of sp³-hybridized carbons (Fsp3) is 1.00. The molecule has 0 amide bonds. The molecule has 82 valence electrons. The molecule has 0 bridgehead atoms. The summed E-state index contributed by atoms with van der Waals surface area (Å²) >= 11 is 0. The molecule has 0 saturated carbocycles. The Morgan fingerprint density at radius 3 is 2.79 bits per heavy atom. The van der Waals surface area contributed by atoms with Gasteiger partial charge in [-0.1, -0.05) is 0 Å². The summed E-state index contributed by atoms with van der Waals surface area (Å²) < 4.78 is 5.56. The number of rotatable bonds is 3. The molecule has 2 aliphatic heterocycles. The van der Waals surface area contributed by atoms with Crippen molar-refractivity contribution < 1.29 is 9.84 Å². The van der Waals surface area contributed by atoms with Crippen LogP contribution in [0.2, 0.25) is 0 Å². The summed E-state index contributed by atoms with van der Waals surface area (Å²) in [5.41, 5.74) is -0.406. The molecule has 0 aromatic heterocycles. The summed E-state index contributed by atoms with van der Waals surface area (Å²) in [5.74, 6) is 0. The van der Waals surface area contributed by atoms with E-state index >= 15 is 0 Å². The van der Waals surface area contributed by atoms with Crippen molar-refractivity contribution in [1.29, 1.82) is 0 Å². The highest BCUT2D eigenvalue weighted by molar-refractivity contribution is 4.85. The number of hydrogen-bond acceptors (Lipinski definition) is 3. The molecule has 3 nitrogen and oxygen atoms in total. The van der Waals surface area contributed by atoms with Gasteiger partial charge in [-0.25, -0.2) is 0 Å². The van der Waals surface area contributed by atoms with Crippen LogP contribution in [-0.4, -0.2) is 36.5 Å². The zero-order chi connectivity index (χ0) is 9.86. The van der Waals surface area contributed by atoms with Crippen LogP contribution in [0.1, 0.15) is 38.5 Å². The van der Waals surface area contributed by atoms with E-state index in [2.05, 4.69) is 5.32 Å². The van der Waals surface area contributed by atoms with Gasteiger partial charge in [-0.15, -0.1) is 0 Å². The first-order chi connectivity index (χ1) is 6.79. The summed E-state index contributed by atoms with van der Waals surface area (Å²) in [6, 6.07) is 0. The van der Waals surface area contributed by atoms with Crippen LogP contribution in [0.4, 0.5) is 0 Å². The quantitative estimate of drug-likeness (QED) is 0.714. The average Bonchev–Trinajstić information content (AvgIpc) is 2.69.